The van der Waals surface area contributed by atoms with Crippen LogP contribution in [0.2, 0.25) is 0 Å². The summed E-state index contributed by atoms with van der Waals surface area (Å²) in [4.78, 5) is 8.81. The van der Waals surface area contributed by atoms with Crippen molar-refractivity contribution in [3.8, 4) is 5.88 Å². The molecule has 5 nitrogen and oxygen atoms in total. The van der Waals surface area contributed by atoms with Crippen molar-refractivity contribution in [2.45, 2.75) is 45.2 Å². The molecule has 21 heavy (non-hydrogen) atoms. The van der Waals surface area contributed by atoms with Gasteiger partial charge in [0.15, 0.2) is 5.96 Å². The number of nitrogens with one attached hydrogen (secondary N) is 2. The number of ether oxygens (including phenoxy) is 1. The van der Waals surface area contributed by atoms with Gasteiger partial charge < -0.3 is 15.4 Å². The summed E-state index contributed by atoms with van der Waals surface area (Å²) in [7, 11) is 1.62. The molecule has 1 aliphatic carbocycles. The Kier molecular flexibility index (Phi) is 8.41. The van der Waals surface area contributed by atoms with E-state index in [1.807, 2.05) is 18.3 Å². The third-order valence-electron chi connectivity index (χ3n) is 3.47. The quantitative estimate of drug-likeness (QED) is 0.450. The smallest absolute Gasteiger partial charge is 0.212 e. The molecule has 1 saturated carbocycles. The molecule has 2 N–H and O–H groups in total. The minimum absolute atomic E-state index is 0. The molecule has 1 heterocycles. The lowest BCUT2D eigenvalue weighted by Gasteiger charge is -2.16. The molecule has 0 atom stereocenters. The molecule has 0 unspecified atom stereocenters. The fraction of sp³-hybridized carbons (Fsp3) is 0.600. The van der Waals surface area contributed by atoms with E-state index in [1.54, 1.807) is 7.11 Å². The first kappa shape index (κ1) is 18.0. The van der Waals surface area contributed by atoms with Crippen LogP contribution in [0.5, 0.6) is 5.88 Å². The van der Waals surface area contributed by atoms with Crippen LogP contribution >= 0.6 is 24.0 Å². The largest absolute Gasteiger partial charge is 0.481 e. The van der Waals surface area contributed by atoms with Gasteiger partial charge in [0.25, 0.3) is 0 Å². The predicted octanol–water partition coefficient (Wildman–Crippen LogP) is 2.71. The van der Waals surface area contributed by atoms with Gasteiger partial charge in [-0.2, -0.15) is 0 Å². The Labute approximate surface area is 144 Å². The molecule has 0 amide bonds. The van der Waals surface area contributed by atoms with Crippen molar-refractivity contribution in [2.75, 3.05) is 13.7 Å². The van der Waals surface area contributed by atoms with Crippen LogP contribution in [0.3, 0.4) is 0 Å². The average molecular weight is 404 g/mol. The van der Waals surface area contributed by atoms with Crippen molar-refractivity contribution in [1.82, 2.24) is 15.6 Å². The van der Waals surface area contributed by atoms with Crippen molar-refractivity contribution >= 4 is 29.9 Å². The van der Waals surface area contributed by atoms with Gasteiger partial charge >= 0.3 is 0 Å². The topological polar surface area (TPSA) is 58.5 Å². The maximum atomic E-state index is 5.05. The number of hydrogen-bond donors (Lipinski definition) is 2. The van der Waals surface area contributed by atoms with E-state index in [1.165, 1.54) is 25.7 Å². The van der Waals surface area contributed by atoms with E-state index in [4.69, 9.17) is 4.74 Å². The molecule has 1 aromatic heterocycles. The molecular weight excluding hydrogens is 379 g/mol. The summed E-state index contributed by atoms with van der Waals surface area (Å²) in [5.41, 5.74) is 1.08. The van der Waals surface area contributed by atoms with Gasteiger partial charge in [0, 0.05) is 24.8 Å². The van der Waals surface area contributed by atoms with Gasteiger partial charge in [0.1, 0.15) is 0 Å². The van der Waals surface area contributed by atoms with E-state index in [-0.39, 0.29) is 24.0 Å². The first-order valence-electron chi connectivity index (χ1n) is 7.35. The van der Waals surface area contributed by atoms with Crippen LogP contribution in [-0.4, -0.2) is 30.6 Å². The molecule has 0 aromatic carbocycles. The van der Waals surface area contributed by atoms with Crippen molar-refractivity contribution < 1.29 is 4.74 Å². The van der Waals surface area contributed by atoms with Crippen molar-refractivity contribution in [2.24, 2.45) is 4.99 Å². The molecule has 0 spiro atoms. The maximum absolute atomic E-state index is 5.05. The van der Waals surface area contributed by atoms with Crippen molar-refractivity contribution in [3.05, 3.63) is 23.9 Å². The Hall–Kier alpha value is -1.05. The number of halogens is 1. The van der Waals surface area contributed by atoms with E-state index in [0.717, 1.165) is 18.1 Å². The number of aromatic nitrogens is 1. The number of methoxy groups -OCH3 is 1. The summed E-state index contributed by atoms with van der Waals surface area (Å²) in [5.74, 6) is 1.53. The van der Waals surface area contributed by atoms with Crippen LogP contribution in [-0.2, 0) is 6.54 Å². The Balaban J connectivity index is 0.00000220. The summed E-state index contributed by atoms with van der Waals surface area (Å²) in [6.45, 7) is 3.58. The first-order valence-corrected chi connectivity index (χ1v) is 7.35. The maximum Gasteiger partial charge on any atom is 0.212 e. The number of pyridine rings is 1. The molecule has 0 saturated heterocycles. The Bertz CT molecular complexity index is 430. The second-order valence-corrected chi connectivity index (χ2v) is 5.03. The molecule has 6 heteroatoms. The Morgan fingerprint density at radius 3 is 2.71 bits per heavy atom. The Morgan fingerprint density at radius 1 is 1.38 bits per heavy atom. The van der Waals surface area contributed by atoms with Gasteiger partial charge in [-0.3, -0.25) is 0 Å². The van der Waals surface area contributed by atoms with Gasteiger partial charge in [-0.15, -0.1) is 24.0 Å². The summed E-state index contributed by atoms with van der Waals surface area (Å²) in [5, 5.41) is 6.80. The fourth-order valence-electron chi connectivity index (χ4n) is 2.38. The average Bonchev–Trinajstić information content (AvgIpc) is 2.98. The van der Waals surface area contributed by atoms with Gasteiger partial charge in [-0.05, 0) is 25.3 Å². The zero-order valence-corrected chi connectivity index (χ0v) is 15.1. The van der Waals surface area contributed by atoms with Gasteiger partial charge in [0.05, 0.1) is 13.7 Å². The van der Waals surface area contributed by atoms with Crippen LogP contribution < -0.4 is 15.4 Å². The first-order chi connectivity index (χ1) is 9.81. The molecular formula is C15H25IN4O. The summed E-state index contributed by atoms with van der Waals surface area (Å²) in [6, 6.07) is 4.43. The monoisotopic (exact) mass is 404 g/mol. The number of aliphatic imine (C=N–C) groups is 1. The van der Waals surface area contributed by atoms with Crippen molar-refractivity contribution in [3.63, 3.8) is 0 Å². The minimum Gasteiger partial charge on any atom is -0.481 e. The Morgan fingerprint density at radius 2 is 2.14 bits per heavy atom. The highest BCUT2D eigenvalue weighted by molar-refractivity contribution is 14.0. The van der Waals surface area contributed by atoms with E-state index < -0.39 is 0 Å². The SMILES string of the molecule is CCNC(=NCc1ccc(OC)nc1)NC1CCCC1.I. The molecule has 0 radical (unpaired) electrons. The molecule has 1 aromatic rings. The second kappa shape index (κ2) is 9.81. The van der Waals surface area contributed by atoms with Gasteiger partial charge in [-0.1, -0.05) is 18.9 Å². The molecule has 0 aliphatic heterocycles. The molecule has 0 bridgehead atoms. The van der Waals surface area contributed by atoms with E-state index in [9.17, 15) is 0 Å². The minimum atomic E-state index is 0. The molecule has 2 rings (SSSR count). The number of guanidine groups is 1. The van der Waals surface area contributed by atoms with E-state index in [2.05, 4.69) is 27.5 Å². The summed E-state index contributed by atoms with van der Waals surface area (Å²) >= 11 is 0. The highest BCUT2D eigenvalue weighted by atomic mass is 127. The van der Waals surface area contributed by atoms with Gasteiger partial charge in [-0.25, -0.2) is 9.98 Å². The molecule has 1 aliphatic rings. The lowest BCUT2D eigenvalue weighted by atomic mass is 10.2. The summed E-state index contributed by atoms with van der Waals surface area (Å²) < 4.78 is 5.05. The van der Waals surface area contributed by atoms with E-state index >= 15 is 0 Å². The van der Waals surface area contributed by atoms with Crippen LogP contribution in [0.15, 0.2) is 23.3 Å². The number of nitrogens with zero attached hydrogens (tertiary/aromatic N) is 2. The lowest BCUT2D eigenvalue weighted by Crippen LogP contribution is -2.42. The molecule has 118 valence electrons. The normalized spacial score (nSPS) is 15.4. The van der Waals surface area contributed by atoms with E-state index in [0.29, 0.717) is 18.5 Å². The van der Waals surface area contributed by atoms with Crippen LogP contribution in [0.25, 0.3) is 0 Å². The summed E-state index contributed by atoms with van der Waals surface area (Å²) in [6.07, 6.45) is 6.93. The third-order valence-corrected chi connectivity index (χ3v) is 3.47. The van der Waals surface area contributed by atoms with Crippen LogP contribution in [0.1, 0.15) is 38.2 Å². The zero-order chi connectivity index (χ0) is 14.2. The fourth-order valence-corrected chi connectivity index (χ4v) is 2.38. The third kappa shape index (κ3) is 6.07. The highest BCUT2D eigenvalue weighted by Crippen LogP contribution is 2.17. The molecule has 1 fully saturated rings. The zero-order valence-electron chi connectivity index (χ0n) is 12.8. The van der Waals surface area contributed by atoms with Crippen LogP contribution in [0.4, 0.5) is 0 Å². The predicted molar refractivity (Wildman–Crippen MR) is 96.4 cm³/mol. The van der Waals surface area contributed by atoms with Crippen molar-refractivity contribution in [1.29, 1.82) is 0 Å². The van der Waals surface area contributed by atoms with Crippen LogP contribution in [0, 0.1) is 0 Å². The number of hydrogen-bond acceptors (Lipinski definition) is 3. The standard InChI is InChI=1S/C15H24N4O.HI/c1-3-16-15(19-13-6-4-5-7-13)18-11-12-8-9-14(20-2)17-10-12;/h8-10,13H,3-7,11H2,1-2H3,(H2,16,18,19);1H. The van der Waals surface area contributed by atoms with Gasteiger partial charge in [0.2, 0.25) is 5.88 Å². The lowest BCUT2D eigenvalue weighted by molar-refractivity contribution is 0.397. The number of rotatable bonds is 5. The second-order valence-electron chi connectivity index (χ2n) is 5.03. The highest BCUT2D eigenvalue weighted by Gasteiger charge is 2.15.